The number of rotatable bonds is 6. The molecule has 4 aromatic rings. The number of thiophene rings is 1. The summed E-state index contributed by atoms with van der Waals surface area (Å²) in [6.45, 7) is 4.64. The van der Waals surface area contributed by atoms with Crippen LogP contribution < -0.4 is 0 Å². The number of aliphatic carboxylic acids is 1. The van der Waals surface area contributed by atoms with Crippen molar-refractivity contribution >= 4 is 17.3 Å². The second-order valence-electron chi connectivity index (χ2n) is 9.12. The van der Waals surface area contributed by atoms with E-state index in [1.165, 1.54) is 43.1 Å². The molecule has 1 atom stereocenters. The van der Waals surface area contributed by atoms with E-state index in [0.29, 0.717) is 6.54 Å². The molecule has 1 saturated heterocycles. The van der Waals surface area contributed by atoms with Gasteiger partial charge in [0.2, 0.25) is 0 Å². The Morgan fingerprint density at radius 3 is 2.38 bits per heavy atom. The molecule has 0 aliphatic carbocycles. The zero-order chi connectivity index (χ0) is 23.5. The lowest BCUT2D eigenvalue weighted by Crippen LogP contribution is -2.38. The van der Waals surface area contributed by atoms with Crippen molar-refractivity contribution < 1.29 is 9.90 Å². The third-order valence-electron chi connectivity index (χ3n) is 6.79. The van der Waals surface area contributed by atoms with Gasteiger partial charge in [-0.2, -0.15) is 0 Å². The van der Waals surface area contributed by atoms with Gasteiger partial charge in [-0.15, -0.1) is 11.3 Å². The van der Waals surface area contributed by atoms with Crippen molar-refractivity contribution in [2.45, 2.75) is 26.3 Å². The third-order valence-corrected chi connectivity index (χ3v) is 7.96. The van der Waals surface area contributed by atoms with E-state index in [1.54, 1.807) is 0 Å². The maximum Gasteiger partial charge on any atom is 0.307 e. The largest absolute Gasteiger partial charge is 0.481 e. The predicted molar refractivity (Wildman–Crippen MR) is 141 cm³/mol. The second kappa shape index (κ2) is 9.96. The minimum Gasteiger partial charge on any atom is -0.481 e. The molecule has 4 heteroatoms. The van der Waals surface area contributed by atoms with Gasteiger partial charge in [0.05, 0.1) is 5.92 Å². The summed E-state index contributed by atoms with van der Waals surface area (Å²) in [7, 11) is 0. The molecule has 1 aliphatic rings. The molecule has 3 nitrogen and oxygen atoms in total. The fourth-order valence-electron chi connectivity index (χ4n) is 4.90. The zero-order valence-electron chi connectivity index (χ0n) is 19.4. The summed E-state index contributed by atoms with van der Waals surface area (Å²) in [5.41, 5.74) is 7.57. The van der Waals surface area contributed by atoms with Crippen LogP contribution in [0.4, 0.5) is 0 Å². The highest BCUT2D eigenvalue weighted by Crippen LogP contribution is 2.38. The molecule has 0 spiro atoms. The highest BCUT2D eigenvalue weighted by atomic mass is 32.1. The number of piperidine rings is 1. The number of carbonyl (C=O) groups is 1. The van der Waals surface area contributed by atoms with E-state index in [1.807, 2.05) is 11.3 Å². The number of hydrogen-bond acceptors (Lipinski definition) is 3. The number of benzene rings is 3. The lowest BCUT2D eigenvalue weighted by atomic mass is 9.96. The number of likely N-dealkylation sites (tertiary alicyclic amines) is 1. The van der Waals surface area contributed by atoms with Crippen molar-refractivity contribution in [1.82, 2.24) is 4.90 Å². The van der Waals surface area contributed by atoms with E-state index in [-0.39, 0.29) is 5.92 Å². The predicted octanol–water partition coefficient (Wildman–Crippen LogP) is 7.35. The molecule has 2 heterocycles. The van der Waals surface area contributed by atoms with Crippen molar-refractivity contribution in [3.05, 3.63) is 96.1 Å². The van der Waals surface area contributed by atoms with E-state index < -0.39 is 5.97 Å². The molecule has 0 amide bonds. The molecule has 1 N–H and O–H groups in total. The minimum absolute atomic E-state index is 0.235. The van der Waals surface area contributed by atoms with E-state index in [0.717, 1.165) is 25.9 Å². The van der Waals surface area contributed by atoms with E-state index >= 15 is 0 Å². The van der Waals surface area contributed by atoms with Crippen molar-refractivity contribution in [2.75, 3.05) is 13.1 Å². The van der Waals surface area contributed by atoms with Gasteiger partial charge in [0, 0.05) is 22.8 Å². The van der Waals surface area contributed by atoms with Crippen molar-refractivity contribution in [2.24, 2.45) is 5.92 Å². The molecule has 0 radical (unpaired) electrons. The van der Waals surface area contributed by atoms with Crippen molar-refractivity contribution in [1.29, 1.82) is 0 Å². The number of hydrogen-bond donors (Lipinski definition) is 1. The first kappa shape index (κ1) is 22.6. The minimum atomic E-state index is -0.668. The molecule has 0 saturated carbocycles. The first-order valence-electron chi connectivity index (χ1n) is 11.9. The van der Waals surface area contributed by atoms with Crippen LogP contribution in [0.5, 0.6) is 0 Å². The lowest BCUT2D eigenvalue weighted by Gasteiger charge is -2.30. The van der Waals surface area contributed by atoms with Crippen LogP contribution >= 0.6 is 11.3 Å². The summed E-state index contributed by atoms with van der Waals surface area (Å²) in [6.07, 6.45) is 1.75. The fourth-order valence-corrected chi connectivity index (χ4v) is 6.00. The Morgan fingerprint density at radius 2 is 1.62 bits per heavy atom. The molecule has 1 fully saturated rings. The quantitative estimate of drug-likeness (QED) is 0.322. The molecular weight excluding hydrogens is 438 g/mol. The summed E-state index contributed by atoms with van der Waals surface area (Å²) in [5.74, 6) is -0.903. The van der Waals surface area contributed by atoms with Crippen LogP contribution in [0.15, 0.2) is 84.9 Å². The van der Waals surface area contributed by atoms with Gasteiger partial charge in [0.1, 0.15) is 0 Å². The summed E-state index contributed by atoms with van der Waals surface area (Å²) in [4.78, 5) is 16.2. The SMILES string of the molecule is Cc1c(-c2ccccc2)cccc1-c1ccc(-c2ccc(CN3CCC[C@@H](C(=O)O)C3)cc2)s1. The Morgan fingerprint density at radius 1 is 0.882 bits per heavy atom. The van der Waals surface area contributed by atoms with Gasteiger partial charge in [-0.3, -0.25) is 9.69 Å². The molecule has 0 bridgehead atoms. The molecule has 0 unspecified atom stereocenters. The average molecular weight is 468 g/mol. The third kappa shape index (κ3) is 4.84. The molecule has 5 rings (SSSR count). The van der Waals surface area contributed by atoms with Gasteiger partial charge in [0.15, 0.2) is 0 Å². The molecular formula is C30H29NO2S. The van der Waals surface area contributed by atoms with Crippen LogP contribution in [0.1, 0.15) is 24.0 Å². The number of nitrogens with zero attached hydrogens (tertiary/aromatic N) is 1. The van der Waals surface area contributed by atoms with Gasteiger partial charge >= 0.3 is 5.97 Å². The Hall–Kier alpha value is -3.21. The molecule has 1 aliphatic heterocycles. The van der Waals surface area contributed by atoms with Crippen LogP contribution in [0, 0.1) is 12.8 Å². The Kier molecular flexibility index (Phi) is 6.61. The van der Waals surface area contributed by atoms with Gasteiger partial charge < -0.3 is 5.11 Å². The van der Waals surface area contributed by atoms with Gasteiger partial charge in [-0.05, 0) is 71.8 Å². The van der Waals surface area contributed by atoms with Crippen LogP contribution in [0.25, 0.3) is 32.0 Å². The number of carboxylic acids is 1. The number of carboxylic acid groups (broad SMARTS) is 1. The zero-order valence-corrected chi connectivity index (χ0v) is 20.2. The van der Waals surface area contributed by atoms with Gasteiger partial charge in [0.25, 0.3) is 0 Å². The normalized spacial score (nSPS) is 16.4. The second-order valence-corrected chi connectivity index (χ2v) is 10.2. The van der Waals surface area contributed by atoms with Crippen LogP contribution in [0.3, 0.4) is 0 Å². The summed E-state index contributed by atoms with van der Waals surface area (Å²) in [5, 5.41) is 9.33. The van der Waals surface area contributed by atoms with Crippen LogP contribution in [-0.2, 0) is 11.3 Å². The summed E-state index contributed by atoms with van der Waals surface area (Å²) in [6, 6.07) is 30.3. The van der Waals surface area contributed by atoms with Crippen molar-refractivity contribution in [3.8, 4) is 32.0 Å². The standard InChI is InChI=1S/C30H29NO2S/c1-21-26(23-7-3-2-4-8-23)10-5-11-27(21)29-17-16-28(34-29)24-14-12-22(13-15-24)19-31-18-6-9-25(20-31)30(32)33/h2-5,7-8,10-17,25H,6,9,18-20H2,1H3,(H,32,33)/t25-/m1/s1. The average Bonchev–Trinajstić information content (AvgIpc) is 3.35. The molecule has 34 heavy (non-hydrogen) atoms. The monoisotopic (exact) mass is 467 g/mol. The smallest absolute Gasteiger partial charge is 0.307 e. The fraction of sp³-hybridized carbons (Fsp3) is 0.233. The molecule has 3 aromatic carbocycles. The summed E-state index contributed by atoms with van der Waals surface area (Å²) >= 11 is 1.83. The van der Waals surface area contributed by atoms with E-state index in [2.05, 4.69) is 96.8 Å². The van der Waals surface area contributed by atoms with Crippen molar-refractivity contribution in [3.63, 3.8) is 0 Å². The summed E-state index contributed by atoms with van der Waals surface area (Å²) < 4.78 is 0. The van der Waals surface area contributed by atoms with E-state index in [9.17, 15) is 9.90 Å². The topological polar surface area (TPSA) is 40.5 Å². The lowest BCUT2D eigenvalue weighted by molar-refractivity contribution is -0.143. The maximum atomic E-state index is 11.3. The first-order valence-corrected chi connectivity index (χ1v) is 12.7. The maximum absolute atomic E-state index is 11.3. The van der Waals surface area contributed by atoms with E-state index in [4.69, 9.17) is 0 Å². The first-order chi connectivity index (χ1) is 16.6. The highest BCUT2D eigenvalue weighted by Gasteiger charge is 2.25. The Balaban J connectivity index is 1.32. The van der Waals surface area contributed by atoms with Crippen LogP contribution in [-0.4, -0.2) is 29.1 Å². The highest BCUT2D eigenvalue weighted by molar-refractivity contribution is 7.18. The van der Waals surface area contributed by atoms with Gasteiger partial charge in [-0.25, -0.2) is 0 Å². The van der Waals surface area contributed by atoms with Crippen LogP contribution in [0.2, 0.25) is 0 Å². The molecule has 1 aromatic heterocycles. The molecule has 172 valence electrons. The Bertz CT molecular complexity index is 1280. The Labute approximate surface area is 205 Å². The van der Waals surface area contributed by atoms with Gasteiger partial charge in [-0.1, -0.05) is 72.8 Å².